The van der Waals surface area contributed by atoms with Crippen LogP contribution in [0.3, 0.4) is 0 Å². The molecule has 5 nitrogen and oxygen atoms in total. The lowest BCUT2D eigenvalue weighted by molar-refractivity contribution is -0.0268. The van der Waals surface area contributed by atoms with E-state index in [1.807, 2.05) is 31.2 Å². The second-order valence-corrected chi connectivity index (χ2v) is 6.13. The van der Waals surface area contributed by atoms with E-state index in [0.29, 0.717) is 6.54 Å². The summed E-state index contributed by atoms with van der Waals surface area (Å²) < 4.78 is 5.96. The second-order valence-electron chi connectivity index (χ2n) is 6.13. The molecule has 1 aromatic heterocycles. The van der Waals surface area contributed by atoms with Crippen molar-refractivity contribution >= 4 is 11.7 Å². The predicted octanol–water partition coefficient (Wildman–Crippen LogP) is 3.68. The number of hydrogen-bond donors (Lipinski definition) is 2. The smallest absolute Gasteiger partial charge is 0.319 e. The number of carbonyl (C=O) groups is 1. The van der Waals surface area contributed by atoms with E-state index in [-0.39, 0.29) is 18.1 Å². The lowest BCUT2D eigenvalue weighted by Gasteiger charge is -2.32. The molecule has 2 amide bonds. The Morgan fingerprint density at radius 3 is 2.92 bits per heavy atom. The largest absolute Gasteiger partial charge is 0.373 e. The first-order valence-corrected chi connectivity index (χ1v) is 8.36. The van der Waals surface area contributed by atoms with Crippen LogP contribution in [0, 0.1) is 12.8 Å². The van der Waals surface area contributed by atoms with Gasteiger partial charge in [-0.05, 0) is 37.5 Å². The molecule has 0 radical (unpaired) electrons. The summed E-state index contributed by atoms with van der Waals surface area (Å²) in [6.45, 7) is 3.26. The highest BCUT2D eigenvalue weighted by molar-refractivity contribution is 5.89. The minimum Gasteiger partial charge on any atom is -0.373 e. The number of pyridine rings is 1. The van der Waals surface area contributed by atoms with Crippen LogP contribution >= 0.6 is 0 Å². The molecular weight excluding hydrogens is 302 g/mol. The van der Waals surface area contributed by atoms with Crippen molar-refractivity contribution < 1.29 is 9.53 Å². The highest BCUT2D eigenvalue weighted by Gasteiger charge is 2.27. The van der Waals surface area contributed by atoms with Gasteiger partial charge >= 0.3 is 6.03 Å². The first-order valence-electron chi connectivity index (χ1n) is 8.36. The SMILES string of the molecule is Cc1cc(NC(=O)NCC2CCCOC2c2ccccc2)ccn1. The Morgan fingerprint density at radius 2 is 2.12 bits per heavy atom. The standard InChI is InChI=1S/C19H23N3O2/c1-14-12-17(9-10-20-14)22-19(23)21-13-16-8-5-11-24-18(16)15-6-3-2-4-7-15/h2-4,6-7,9-10,12,16,18H,5,8,11,13H2,1H3,(H2,20,21,22,23). The molecule has 2 atom stereocenters. The van der Waals surface area contributed by atoms with E-state index in [1.165, 1.54) is 5.56 Å². The maximum atomic E-state index is 12.1. The maximum absolute atomic E-state index is 12.1. The number of carbonyl (C=O) groups excluding carboxylic acids is 1. The third-order valence-electron chi connectivity index (χ3n) is 4.25. The fourth-order valence-corrected chi connectivity index (χ4v) is 3.09. The molecule has 2 N–H and O–H groups in total. The number of hydrogen-bond acceptors (Lipinski definition) is 3. The van der Waals surface area contributed by atoms with Gasteiger partial charge in [0.05, 0.1) is 6.10 Å². The van der Waals surface area contributed by atoms with Crippen LogP contribution in [-0.4, -0.2) is 24.2 Å². The highest BCUT2D eigenvalue weighted by Crippen LogP contribution is 2.33. The molecule has 24 heavy (non-hydrogen) atoms. The fraction of sp³-hybridized carbons (Fsp3) is 0.368. The molecule has 3 rings (SSSR count). The number of ether oxygens (including phenoxy) is 1. The lowest BCUT2D eigenvalue weighted by atomic mass is 9.89. The summed E-state index contributed by atoms with van der Waals surface area (Å²) in [5.41, 5.74) is 2.80. The topological polar surface area (TPSA) is 63.2 Å². The van der Waals surface area contributed by atoms with E-state index in [0.717, 1.165) is 30.8 Å². The first-order chi connectivity index (χ1) is 11.7. The van der Waals surface area contributed by atoms with Crippen molar-refractivity contribution in [2.24, 2.45) is 5.92 Å². The molecule has 1 aliphatic rings. The summed E-state index contributed by atoms with van der Waals surface area (Å²) in [5, 5.41) is 5.82. The van der Waals surface area contributed by atoms with E-state index in [1.54, 1.807) is 12.3 Å². The molecule has 0 saturated carbocycles. The molecule has 2 aromatic rings. The van der Waals surface area contributed by atoms with Crippen LogP contribution in [0.1, 0.15) is 30.2 Å². The summed E-state index contributed by atoms with van der Waals surface area (Å²) in [4.78, 5) is 16.2. The molecule has 1 fully saturated rings. The molecule has 126 valence electrons. The van der Waals surface area contributed by atoms with E-state index in [9.17, 15) is 4.79 Å². The van der Waals surface area contributed by atoms with E-state index >= 15 is 0 Å². The van der Waals surface area contributed by atoms with Gasteiger partial charge in [0.25, 0.3) is 0 Å². The fourth-order valence-electron chi connectivity index (χ4n) is 3.09. The van der Waals surface area contributed by atoms with Gasteiger partial charge in [0.2, 0.25) is 0 Å². The Balaban J connectivity index is 1.57. The second kappa shape index (κ2) is 7.93. The Bertz CT molecular complexity index is 675. The van der Waals surface area contributed by atoms with Crippen molar-refractivity contribution in [3.8, 4) is 0 Å². The predicted molar refractivity (Wildman–Crippen MR) is 93.9 cm³/mol. The van der Waals surface area contributed by atoms with Crippen molar-refractivity contribution in [1.82, 2.24) is 10.3 Å². The van der Waals surface area contributed by atoms with Crippen molar-refractivity contribution in [3.05, 3.63) is 59.9 Å². The average Bonchev–Trinajstić information content (AvgIpc) is 2.61. The maximum Gasteiger partial charge on any atom is 0.319 e. The zero-order valence-corrected chi connectivity index (χ0v) is 13.9. The van der Waals surface area contributed by atoms with Crippen LogP contribution in [0.4, 0.5) is 10.5 Å². The Labute approximate surface area is 142 Å². The number of anilines is 1. The number of rotatable bonds is 4. The van der Waals surface area contributed by atoms with Crippen LogP contribution in [0.15, 0.2) is 48.7 Å². The number of nitrogens with one attached hydrogen (secondary N) is 2. The zero-order valence-electron chi connectivity index (χ0n) is 13.9. The highest BCUT2D eigenvalue weighted by atomic mass is 16.5. The minimum atomic E-state index is -0.196. The van der Waals surface area contributed by atoms with Gasteiger partial charge in [-0.3, -0.25) is 4.98 Å². The van der Waals surface area contributed by atoms with Crippen molar-refractivity contribution in [1.29, 1.82) is 0 Å². The Kier molecular flexibility index (Phi) is 5.43. The van der Waals surface area contributed by atoms with Gasteiger partial charge in [0.1, 0.15) is 0 Å². The Morgan fingerprint density at radius 1 is 1.29 bits per heavy atom. The molecule has 5 heteroatoms. The molecule has 1 saturated heterocycles. The van der Waals surface area contributed by atoms with Crippen LogP contribution in [0.25, 0.3) is 0 Å². The number of amides is 2. The molecule has 1 aliphatic heterocycles. The summed E-state index contributed by atoms with van der Waals surface area (Å²) in [5.74, 6) is 0.283. The van der Waals surface area contributed by atoms with Crippen LogP contribution < -0.4 is 10.6 Å². The molecule has 2 unspecified atom stereocenters. The normalized spacial score (nSPS) is 20.4. The first kappa shape index (κ1) is 16.5. The molecular formula is C19H23N3O2. The molecule has 1 aromatic carbocycles. The number of urea groups is 1. The summed E-state index contributed by atoms with van der Waals surface area (Å²) in [6.07, 6.45) is 3.81. The van der Waals surface area contributed by atoms with Gasteiger partial charge in [-0.25, -0.2) is 4.79 Å². The zero-order chi connectivity index (χ0) is 16.8. The van der Waals surface area contributed by atoms with Crippen molar-refractivity contribution in [2.45, 2.75) is 25.9 Å². The van der Waals surface area contributed by atoms with Gasteiger partial charge < -0.3 is 15.4 Å². The number of aryl methyl sites for hydroxylation is 1. The van der Waals surface area contributed by atoms with Crippen molar-refractivity contribution in [2.75, 3.05) is 18.5 Å². The van der Waals surface area contributed by atoms with Gasteiger partial charge in [0, 0.05) is 36.6 Å². The average molecular weight is 325 g/mol. The molecule has 2 heterocycles. The van der Waals surface area contributed by atoms with Gasteiger partial charge in [0.15, 0.2) is 0 Å². The molecule has 0 spiro atoms. The van der Waals surface area contributed by atoms with Crippen LogP contribution in [0.2, 0.25) is 0 Å². The van der Waals surface area contributed by atoms with Gasteiger partial charge in [-0.1, -0.05) is 30.3 Å². The molecule has 0 bridgehead atoms. The van der Waals surface area contributed by atoms with Crippen molar-refractivity contribution in [3.63, 3.8) is 0 Å². The third-order valence-corrected chi connectivity index (χ3v) is 4.25. The van der Waals surface area contributed by atoms with Crippen LogP contribution in [0.5, 0.6) is 0 Å². The summed E-state index contributed by atoms with van der Waals surface area (Å²) in [6, 6.07) is 13.7. The number of nitrogens with zero attached hydrogens (tertiary/aromatic N) is 1. The summed E-state index contributed by atoms with van der Waals surface area (Å²) in [7, 11) is 0. The summed E-state index contributed by atoms with van der Waals surface area (Å²) >= 11 is 0. The van der Waals surface area contributed by atoms with E-state index in [2.05, 4.69) is 27.8 Å². The molecule has 0 aliphatic carbocycles. The number of aromatic nitrogens is 1. The Hall–Kier alpha value is -2.40. The van der Waals surface area contributed by atoms with E-state index < -0.39 is 0 Å². The third kappa shape index (κ3) is 4.32. The van der Waals surface area contributed by atoms with Gasteiger partial charge in [-0.2, -0.15) is 0 Å². The quantitative estimate of drug-likeness (QED) is 0.901. The van der Waals surface area contributed by atoms with E-state index in [4.69, 9.17) is 4.74 Å². The van der Waals surface area contributed by atoms with Gasteiger partial charge in [-0.15, -0.1) is 0 Å². The monoisotopic (exact) mass is 325 g/mol. The minimum absolute atomic E-state index is 0.0448. The number of benzene rings is 1. The lowest BCUT2D eigenvalue weighted by Crippen LogP contribution is -2.37. The van der Waals surface area contributed by atoms with Crippen LogP contribution in [-0.2, 0) is 4.74 Å².